The van der Waals surface area contributed by atoms with Crippen LogP contribution >= 0.6 is 0 Å². The highest BCUT2D eigenvalue weighted by Crippen LogP contribution is 2.25. The summed E-state index contributed by atoms with van der Waals surface area (Å²) in [6.45, 7) is 4.77. The van der Waals surface area contributed by atoms with E-state index in [1.54, 1.807) is 13.2 Å². The first-order valence-electron chi connectivity index (χ1n) is 7.17. The number of methoxy groups -OCH3 is 1. The summed E-state index contributed by atoms with van der Waals surface area (Å²) < 4.78 is 10.5. The third kappa shape index (κ3) is 4.36. The Balaban J connectivity index is 2.06. The number of hydrogen-bond acceptors (Lipinski definition) is 4. The highest BCUT2D eigenvalue weighted by molar-refractivity contribution is 5.90. The molecule has 7 heteroatoms. The van der Waals surface area contributed by atoms with Crippen LogP contribution in [0.5, 0.6) is 5.75 Å². The standard InChI is InChI=1S/C15H22N4O3/c1-11(20)18-13-9-12(3-4-14(13)21-2)10-17-15(16)19-5-7-22-8-6-19/h3-4,9H,5-8,10H2,1-2H3,(H2,16,17)(H,18,20). The number of aliphatic imine (C=N–C) groups is 1. The first kappa shape index (κ1) is 16.1. The second-order valence-electron chi connectivity index (χ2n) is 4.99. The molecule has 1 aliphatic rings. The molecule has 1 aromatic carbocycles. The van der Waals surface area contributed by atoms with Crippen molar-refractivity contribution in [2.45, 2.75) is 13.5 Å². The fraction of sp³-hybridized carbons (Fsp3) is 0.467. The molecule has 0 aliphatic carbocycles. The number of carbonyl (C=O) groups excluding carboxylic acids is 1. The summed E-state index contributed by atoms with van der Waals surface area (Å²) in [5.41, 5.74) is 7.57. The van der Waals surface area contributed by atoms with Gasteiger partial charge in [-0.1, -0.05) is 6.07 Å². The number of nitrogens with one attached hydrogen (secondary N) is 1. The average molecular weight is 306 g/mol. The summed E-state index contributed by atoms with van der Waals surface area (Å²) in [7, 11) is 1.56. The molecule has 120 valence electrons. The number of rotatable bonds is 4. The van der Waals surface area contributed by atoms with Crippen molar-refractivity contribution in [2.24, 2.45) is 10.7 Å². The van der Waals surface area contributed by atoms with Crippen LogP contribution in [-0.2, 0) is 16.1 Å². The number of guanidine groups is 1. The molecule has 2 rings (SSSR count). The molecule has 0 unspecified atom stereocenters. The molecule has 0 radical (unpaired) electrons. The number of carbonyl (C=O) groups is 1. The number of anilines is 1. The normalized spacial score (nSPS) is 15.5. The molecular formula is C15H22N4O3. The van der Waals surface area contributed by atoms with Gasteiger partial charge in [0.1, 0.15) is 5.75 Å². The molecule has 0 aromatic heterocycles. The Morgan fingerprint density at radius 1 is 1.45 bits per heavy atom. The van der Waals surface area contributed by atoms with Crippen LogP contribution in [0, 0.1) is 0 Å². The number of benzene rings is 1. The van der Waals surface area contributed by atoms with E-state index in [0.717, 1.165) is 18.7 Å². The van der Waals surface area contributed by atoms with Crippen LogP contribution in [-0.4, -0.2) is 50.2 Å². The molecule has 0 spiro atoms. The van der Waals surface area contributed by atoms with Crippen molar-refractivity contribution in [3.8, 4) is 5.75 Å². The van der Waals surface area contributed by atoms with Gasteiger partial charge in [-0.2, -0.15) is 0 Å². The smallest absolute Gasteiger partial charge is 0.221 e. The van der Waals surface area contributed by atoms with Gasteiger partial charge in [0.2, 0.25) is 5.91 Å². The lowest BCUT2D eigenvalue weighted by molar-refractivity contribution is -0.114. The van der Waals surface area contributed by atoms with Crippen LogP contribution in [0.3, 0.4) is 0 Å². The molecule has 22 heavy (non-hydrogen) atoms. The Kier molecular flexibility index (Phi) is 5.60. The summed E-state index contributed by atoms with van der Waals surface area (Å²) in [6.07, 6.45) is 0. The van der Waals surface area contributed by atoms with Crippen molar-refractivity contribution in [1.29, 1.82) is 0 Å². The molecule has 1 heterocycles. The monoisotopic (exact) mass is 306 g/mol. The average Bonchev–Trinajstić information content (AvgIpc) is 2.53. The maximum atomic E-state index is 11.2. The molecule has 1 fully saturated rings. The van der Waals surface area contributed by atoms with E-state index in [0.29, 0.717) is 37.2 Å². The van der Waals surface area contributed by atoms with Gasteiger partial charge in [-0.05, 0) is 17.7 Å². The summed E-state index contributed by atoms with van der Waals surface area (Å²) in [6, 6.07) is 5.55. The van der Waals surface area contributed by atoms with Gasteiger partial charge in [-0.15, -0.1) is 0 Å². The van der Waals surface area contributed by atoms with Crippen molar-refractivity contribution >= 4 is 17.6 Å². The van der Waals surface area contributed by atoms with E-state index in [1.165, 1.54) is 6.92 Å². The number of amides is 1. The largest absolute Gasteiger partial charge is 0.495 e. The van der Waals surface area contributed by atoms with Crippen LogP contribution in [0.4, 0.5) is 5.69 Å². The van der Waals surface area contributed by atoms with Gasteiger partial charge in [0.05, 0.1) is 32.6 Å². The van der Waals surface area contributed by atoms with Crippen LogP contribution in [0.25, 0.3) is 0 Å². The highest BCUT2D eigenvalue weighted by Gasteiger charge is 2.12. The Morgan fingerprint density at radius 3 is 2.82 bits per heavy atom. The third-order valence-corrected chi connectivity index (χ3v) is 3.33. The van der Waals surface area contributed by atoms with Crippen molar-refractivity contribution in [1.82, 2.24) is 4.90 Å². The van der Waals surface area contributed by atoms with E-state index < -0.39 is 0 Å². The fourth-order valence-electron chi connectivity index (χ4n) is 2.21. The minimum Gasteiger partial charge on any atom is -0.495 e. The maximum Gasteiger partial charge on any atom is 0.221 e. The number of morpholine rings is 1. The van der Waals surface area contributed by atoms with Crippen molar-refractivity contribution in [2.75, 3.05) is 38.7 Å². The van der Waals surface area contributed by atoms with Gasteiger partial charge in [-0.25, -0.2) is 4.99 Å². The molecule has 1 aromatic rings. The van der Waals surface area contributed by atoms with Gasteiger partial charge in [0, 0.05) is 20.0 Å². The van der Waals surface area contributed by atoms with Crippen molar-refractivity contribution < 1.29 is 14.3 Å². The third-order valence-electron chi connectivity index (χ3n) is 3.33. The van der Waals surface area contributed by atoms with E-state index in [-0.39, 0.29) is 5.91 Å². The summed E-state index contributed by atoms with van der Waals surface area (Å²) in [5.74, 6) is 0.982. The number of ether oxygens (including phenoxy) is 2. The molecule has 1 saturated heterocycles. The zero-order valence-electron chi connectivity index (χ0n) is 13.0. The lowest BCUT2D eigenvalue weighted by Crippen LogP contribution is -2.44. The van der Waals surface area contributed by atoms with Gasteiger partial charge in [0.25, 0.3) is 0 Å². The first-order chi connectivity index (χ1) is 10.6. The van der Waals surface area contributed by atoms with E-state index in [2.05, 4.69) is 10.3 Å². The predicted octanol–water partition coefficient (Wildman–Crippen LogP) is 0.800. The molecule has 1 amide bonds. The minimum atomic E-state index is -0.146. The highest BCUT2D eigenvalue weighted by atomic mass is 16.5. The second-order valence-corrected chi connectivity index (χ2v) is 4.99. The SMILES string of the molecule is COc1ccc(CN=C(N)N2CCOCC2)cc1NC(C)=O. The summed E-state index contributed by atoms with van der Waals surface area (Å²) in [4.78, 5) is 17.6. The van der Waals surface area contributed by atoms with Crippen LogP contribution in [0.1, 0.15) is 12.5 Å². The van der Waals surface area contributed by atoms with Crippen LogP contribution in [0.2, 0.25) is 0 Å². The quantitative estimate of drug-likeness (QED) is 0.634. The number of hydrogen-bond donors (Lipinski definition) is 2. The molecule has 0 bridgehead atoms. The van der Waals surface area contributed by atoms with Gasteiger partial charge in [0.15, 0.2) is 5.96 Å². The molecule has 7 nitrogen and oxygen atoms in total. The molecule has 3 N–H and O–H groups in total. The van der Waals surface area contributed by atoms with Crippen molar-refractivity contribution in [3.05, 3.63) is 23.8 Å². The molecule has 0 atom stereocenters. The zero-order valence-corrected chi connectivity index (χ0v) is 13.0. The Labute approximate surface area is 130 Å². The van der Waals surface area contributed by atoms with Crippen LogP contribution in [0.15, 0.2) is 23.2 Å². The van der Waals surface area contributed by atoms with Crippen LogP contribution < -0.4 is 15.8 Å². The lowest BCUT2D eigenvalue weighted by Gasteiger charge is -2.27. The Hall–Kier alpha value is -2.28. The zero-order chi connectivity index (χ0) is 15.9. The molecule has 0 saturated carbocycles. The van der Waals surface area contributed by atoms with E-state index >= 15 is 0 Å². The lowest BCUT2D eigenvalue weighted by atomic mass is 10.2. The fourth-order valence-corrected chi connectivity index (χ4v) is 2.21. The first-order valence-corrected chi connectivity index (χ1v) is 7.17. The van der Waals surface area contributed by atoms with Crippen molar-refractivity contribution in [3.63, 3.8) is 0 Å². The summed E-state index contributed by atoms with van der Waals surface area (Å²) >= 11 is 0. The Bertz CT molecular complexity index is 554. The Morgan fingerprint density at radius 2 is 2.18 bits per heavy atom. The van der Waals surface area contributed by atoms with E-state index in [9.17, 15) is 4.79 Å². The van der Waals surface area contributed by atoms with E-state index in [4.69, 9.17) is 15.2 Å². The predicted molar refractivity (Wildman–Crippen MR) is 85.0 cm³/mol. The van der Waals surface area contributed by atoms with Gasteiger partial charge < -0.3 is 25.4 Å². The number of nitrogens with zero attached hydrogens (tertiary/aromatic N) is 2. The van der Waals surface area contributed by atoms with Gasteiger partial charge >= 0.3 is 0 Å². The topological polar surface area (TPSA) is 89.2 Å². The maximum absolute atomic E-state index is 11.2. The number of nitrogens with two attached hydrogens (primary N) is 1. The molecule has 1 aliphatic heterocycles. The molecular weight excluding hydrogens is 284 g/mol. The van der Waals surface area contributed by atoms with E-state index in [1.807, 2.05) is 17.0 Å². The van der Waals surface area contributed by atoms with Gasteiger partial charge in [-0.3, -0.25) is 4.79 Å². The second kappa shape index (κ2) is 7.65. The minimum absolute atomic E-state index is 0.146. The summed E-state index contributed by atoms with van der Waals surface area (Å²) in [5, 5.41) is 2.75.